The van der Waals surface area contributed by atoms with E-state index in [2.05, 4.69) is 21.0 Å². The van der Waals surface area contributed by atoms with Crippen molar-refractivity contribution in [2.45, 2.75) is 4.90 Å². The molecule has 0 atom stereocenters. The molecule has 1 aromatic heterocycles. The number of nitrogens with zero attached hydrogens (tertiary/aromatic N) is 2. The fourth-order valence-electron chi connectivity index (χ4n) is 3.22. The van der Waals surface area contributed by atoms with E-state index in [1.54, 1.807) is 0 Å². The van der Waals surface area contributed by atoms with Gasteiger partial charge in [0.25, 0.3) is 11.8 Å². The molecule has 3 aromatic rings. The molecule has 172 valence electrons. The number of amides is 2. The van der Waals surface area contributed by atoms with Gasteiger partial charge in [0.2, 0.25) is 10.0 Å². The van der Waals surface area contributed by atoms with Gasteiger partial charge in [-0.2, -0.15) is 9.40 Å². The lowest BCUT2D eigenvalue weighted by atomic mass is 10.1. The summed E-state index contributed by atoms with van der Waals surface area (Å²) in [6.45, 7) is 0.575. The summed E-state index contributed by atoms with van der Waals surface area (Å²) < 4.78 is 46.1. The first-order valence-corrected chi connectivity index (χ1v) is 11.4. The van der Waals surface area contributed by atoms with Crippen molar-refractivity contribution >= 4 is 21.8 Å². The molecule has 1 fully saturated rings. The molecule has 2 aromatic carbocycles. The van der Waals surface area contributed by atoms with Gasteiger partial charge in [-0.15, -0.1) is 0 Å². The number of H-pyrrole nitrogens is 1. The molecule has 2 amide bonds. The lowest BCUT2D eigenvalue weighted by molar-refractivity contribution is 0.0729. The second-order valence-corrected chi connectivity index (χ2v) is 9.01. The predicted molar refractivity (Wildman–Crippen MR) is 115 cm³/mol. The maximum atomic E-state index is 14.3. The van der Waals surface area contributed by atoms with E-state index < -0.39 is 32.6 Å². The fourth-order valence-corrected chi connectivity index (χ4v) is 4.71. The Kier molecular flexibility index (Phi) is 6.49. The van der Waals surface area contributed by atoms with Gasteiger partial charge in [0, 0.05) is 24.2 Å². The predicted octanol–water partition coefficient (Wildman–Crippen LogP) is 1.31. The van der Waals surface area contributed by atoms with E-state index in [0.29, 0.717) is 5.69 Å². The molecule has 0 saturated carbocycles. The smallest absolute Gasteiger partial charge is 0.287 e. The summed E-state index contributed by atoms with van der Waals surface area (Å²) >= 11 is 0. The van der Waals surface area contributed by atoms with Crippen LogP contribution in [0.2, 0.25) is 0 Å². The molecule has 0 bridgehead atoms. The van der Waals surface area contributed by atoms with Gasteiger partial charge in [0.1, 0.15) is 16.4 Å². The number of ether oxygens (including phenoxy) is 1. The van der Waals surface area contributed by atoms with Crippen molar-refractivity contribution in [3.05, 3.63) is 71.7 Å². The van der Waals surface area contributed by atoms with Crippen molar-refractivity contribution in [3.8, 4) is 11.3 Å². The average molecular weight is 473 g/mol. The molecule has 0 unspecified atom stereocenters. The number of sulfonamides is 1. The Morgan fingerprint density at radius 3 is 2.42 bits per heavy atom. The van der Waals surface area contributed by atoms with E-state index in [0.717, 1.165) is 28.1 Å². The Balaban J connectivity index is 1.44. The molecule has 12 heteroatoms. The molecule has 4 rings (SSSR count). The monoisotopic (exact) mass is 473 g/mol. The average Bonchev–Trinajstić information content (AvgIpc) is 3.34. The summed E-state index contributed by atoms with van der Waals surface area (Å²) in [5.41, 5.74) is 5.71. The fraction of sp³-hybridized carbons (Fsp3) is 0.190. The van der Waals surface area contributed by atoms with E-state index in [9.17, 15) is 22.4 Å². The number of carbonyl (C=O) groups is 2. The van der Waals surface area contributed by atoms with Crippen LogP contribution in [0.15, 0.2) is 59.5 Å². The van der Waals surface area contributed by atoms with Crippen molar-refractivity contribution in [3.63, 3.8) is 0 Å². The molecule has 0 spiro atoms. The molecular weight excluding hydrogens is 453 g/mol. The van der Waals surface area contributed by atoms with Crippen LogP contribution in [0.1, 0.15) is 20.8 Å². The highest BCUT2D eigenvalue weighted by Crippen LogP contribution is 2.22. The Morgan fingerprint density at radius 1 is 1.00 bits per heavy atom. The van der Waals surface area contributed by atoms with E-state index >= 15 is 0 Å². The van der Waals surface area contributed by atoms with Gasteiger partial charge >= 0.3 is 0 Å². The van der Waals surface area contributed by atoms with Crippen LogP contribution in [0, 0.1) is 5.82 Å². The van der Waals surface area contributed by atoms with Gasteiger partial charge in [-0.1, -0.05) is 30.3 Å². The minimum absolute atomic E-state index is 0.0867. The number of nitrogens with one attached hydrogen (secondary N) is 3. The Bertz CT molecular complexity index is 1270. The zero-order valence-electron chi connectivity index (χ0n) is 17.2. The third-order valence-electron chi connectivity index (χ3n) is 4.96. The second kappa shape index (κ2) is 9.48. The number of hydrogen-bond donors (Lipinski definition) is 3. The molecule has 0 aliphatic carbocycles. The van der Waals surface area contributed by atoms with Gasteiger partial charge in [-0.25, -0.2) is 12.8 Å². The largest absolute Gasteiger partial charge is 0.379 e. The Morgan fingerprint density at radius 2 is 1.70 bits per heavy atom. The first kappa shape index (κ1) is 22.6. The number of aromatic amines is 1. The highest BCUT2D eigenvalue weighted by Gasteiger charge is 2.29. The van der Waals surface area contributed by atoms with Crippen LogP contribution in [0.3, 0.4) is 0 Å². The van der Waals surface area contributed by atoms with E-state index in [1.807, 2.05) is 30.3 Å². The molecule has 1 aliphatic rings. The minimum Gasteiger partial charge on any atom is -0.379 e. The third-order valence-corrected chi connectivity index (χ3v) is 6.88. The van der Waals surface area contributed by atoms with Crippen LogP contribution in [0.4, 0.5) is 4.39 Å². The zero-order valence-corrected chi connectivity index (χ0v) is 18.1. The Hall–Kier alpha value is -3.61. The summed E-state index contributed by atoms with van der Waals surface area (Å²) in [6, 6.07) is 13.6. The summed E-state index contributed by atoms with van der Waals surface area (Å²) in [6.07, 6.45) is 0. The summed E-state index contributed by atoms with van der Waals surface area (Å²) in [5.74, 6) is -2.46. The van der Waals surface area contributed by atoms with Crippen LogP contribution in [0.25, 0.3) is 11.3 Å². The first-order valence-electron chi connectivity index (χ1n) is 9.95. The van der Waals surface area contributed by atoms with Crippen molar-refractivity contribution in [1.82, 2.24) is 25.4 Å². The van der Waals surface area contributed by atoms with E-state index in [4.69, 9.17) is 4.74 Å². The quantitative estimate of drug-likeness (QED) is 0.479. The van der Waals surface area contributed by atoms with Gasteiger partial charge in [0.15, 0.2) is 0 Å². The highest BCUT2D eigenvalue weighted by molar-refractivity contribution is 7.89. The molecule has 3 N–H and O–H groups in total. The number of rotatable bonds is 5. The van der Waals surface area contributed by atoms with Crippen molar-refractivity contribution in [2.75, 3.05) is 26.3 Å². The van der Waals surface area contributed by atoms with Crippen LogP contribution in [0.5, 0.6) is 0 Å². The van der Waals surface area contributed by atoms with Crippen LogP contribution >= 0.6 is 0 Å². The van der Waals surface area contributed by atoms with Crippen LogP contribution in [-0.2, 0) is 14.8 Å². The third kappa shape index (κ3) is 4.92. The maximum Gasteiger partial charge on any atom is 0.287 e. The SMILES string of the molecule is O=C(NNC(=O)c1cc(-c2ccccc2)n[nH]1)c1ccc(F)c(S(=O)(=O)N2CCOCC2)c1. The van der Waals surface area contributed by atoms with Crippen LogP contribution < -0.4 is 10.9 Å². The lowest BCUT2D eigenvalue weighted by Crippen LogP contribution is -2.42. The first-order chi connectivity index (χ1) is 15.9. The molecule has 0 radical (unpaired) electrons. The van der Waals surface area contributed by atoms with E-state index in [1.165, 1.54) is 6.07 Å². The molecule has 1 saturated heterocycles. The molecule has 2 heterocycles. The lowest BCUT2D eigenvalue weighted by Gasteiger charge is -2.26. The van der Waals surface area contributed by atoms with Gasteiger partial charge in [-0.05, 0) is 24.3 Å². The molecule has 10 nitrogen and oxygen atoms in total. The molecular formula is C21H20FN5O5S. The number of hydrogen-bond acceptors (Lipinski definition) is 6. The van der Waals surface area contributed by atoms with Crippen molar-refractivity contribution in [1.29, 1.82) is 0 Å². The molecule has 33 heavy (non-hydrogen) atoms. The Labute approximate surface area is 188 Å². The van der Waals surface area contributed by atoms with Crippen molar-refractivity contribution in [2.24, 2.45) is 0 Å². The van der Waals surface area contributed by atoms with Gasteiger partial charge < -0.3 is 4.74 Å². The summed E-state index contributed by atoms with van der Waals surface area (Å²) in [4.78, 5) is 24.2. The van der Waals surface area contributed by atoms with Gasteiger partial charge in [-0.3, -0.25) is 25.5 Å². The zero-order chi connectivity index (χ0) is 23.4. The summed E-state index contributed by atoms with van der Waals surface area (Å²) in [5, 5.41) is 6.65. The highest BCUT2D eigenvalue weighted by atomic mass is 32.2. The second-order valence-electron chi connectivity index (χ2n) is 7.10. The van der Waals surface area contributed by atoms with Crippen molar-refractivity contribution < 1.29 is 27.1 Å². The number of aromatic nitrogens is 2. The topological polar surface area (TPSA) is 133 Å². The van der Waals surface area contributed by atoms with E-state index in [-0.39, 0.29) is 37.6 Å². The normalized spacial score (nSPS) is 14.6. The number of halogens is 1. The van der Waals surface area contributed by atoms with Crippen LogP contribution in [-0.4, -0.2) is 61.0 Å². The molecule has 1 aliphatic heterocycles. The summed E-state index contributed by atoms with van der Waals surface area (Å²) in [7, 11) is -4.15. The number of morpholine rings is 1. The number of carbonyl (C=O) groups excluding carboxylic acids is 2. The van der Waals surface area contributed by atoms with Gasteiger partial charge in [0.05, 0.1) is 18.9 Å². The number of benzene rings is 2. The maximum absolute atomic E-state index is 14.3. The minimum atomic E-state index is -4.15. The number of hydrazine groups is 1. The standard InChI is InChI=1S/C21H20FN5O5S/c22-16-7-6-15(12-19(16)33(30,31)27-8-10-32-11-9-27)20(28)25-26-21(29)18-13-17(23-24-18)14-4-2-1-3-5-14/h1-7,12-13H,8-11H2,(H,23,24)(H,25,28)(H,26,29).